The van der Waals surface area contributed by atoms with Gasteiger partial charge < -0.3 is 0 Å². The lowest BCUT2D eigenvalue weighted by molar-refractivity contribution is 0.569. The van der Waals surface area contributed by atoms with E-state index in [9.17, 15) is 8.42 Å². The SMILES string of the molecule is CC(C)(C)c1cc(NS(=O)(=O)c2ccc(Br)cc2)ccn1. The average molecular weight is 369 g/mol. The summed E-state index contributed by atoms with van der Waals surface area (Å²) in [6.07, 6.45) is 1.61. The number of nitrogens with one attached hydrogen (secondary N) is 1. The van der Waals surface area contributed by atoms with Crippen molar-refractivity contribution in [3.63, 3.8) is 0 Å². The van der Waals surface area contributed by atoms with Gasteiger partial charge in [-0.1, -0.05) is 36.7 Å². The Morgan fingerprint density at radius 3 is 2.29 bits per heavy atom. The van der Waals surface area contributed by atoms with Gasteiger partial charge in [0.2, 0.25) is 0 Å². The Hall–Kier alpha value is -1.40. The minimum Gasteiger partial charge on any atom is -0.280 e. The predicted molar refractivity (Wildman–Crippen MR) is 87.9 cm³/mol. The molecule has 4 nitrogen and oxygen atoms in total. The van der Waals surface area contributed by atoms with Crippen molar-refractivity contribution in [3.05, 3.63) is 52.8 Å². The van der Waals surface area contributed by atoms with Gasteiger partial charge in [-0.3, -0.25) is 9.71 Å². The van der Waals surface area contributed by atoms with Crippen LogP contribution in [0.5, 0.6) is 0 Å². The van der Waals surface area contributed by atoms with Gasteiger partial charge in [0.1, 0.15) is 0 Å². The highest BCUT2D eigenvalue weighted by Crippen LogP contribution is 2.24. The molecule has 0 aliphatic carbocycles. The maximum absolute atomic E-state index is 12.3. The van der Waals surface area contributed by atoms with E-state index in [4.69, 9.17) is 0 Å². The molecule has 2 aromatic rings. The van der Waals surface area contributed by atoms with Crippen LogP contribution in [-0.4, -0.2) is 13.4 Å². The van der Waals surface area contributed by atoms with Gasteiger partial charge in [0.25, 0.3) is 10.0 Å². The molecular formula is C15H17BrN2O2S. The first-order valence-electron chi connectivity index (χ1n) is 6.43. The first kappa shape index (κ1) is 16.0. The van der Waals surface area contributed by atoms with E-state index in [2.05, 4.69) is 25.6 Å². The second-order valence-electron chi connectivity index (χ2n) is 5.74. The number of halogens is 1. The normalized spacial score (nSPS) is 12.2. The van der Waals surface area contributed by atoms with Gasteiger partial charge >= 0.3 is 0 Å². The highest BCUT2D eigenvalue weighted by molar-refractivity contribution is 9.10. The van der Waals surface area contributed by atoms with E-state index >= 15 is 0 Å². The zero-order valence-corrected chi connectivity index (χ0v) is 14.5. The third kappa shape index (κ3) is 4.04. The lowest BCUT2D eigenvalue weighted by atomic mass is 9.91. The molecule has 6 heteroatoms. The van der Waals surface area contributed by atoms with Crippen LogP contribution in [0.25, 0.3) is 0 Å². The molecule has 0 spiro atoms. The fourth-order valence-corrected chi connectivity index (χ4v) is 3.05. The van der Waals surface area contributed by atoms with E-state index in [1.165, 1.54) is 0 Å². The second-order valence-corrected chi connectivity index (χ2v) is 8.34. The van der Waals surface area contributed by atoms with E-state index < -0.39 is 10.0 Å². The quantitative estimate of drug-likeness (QED) is 0.892. The molecule has 2 rings (SSSR count). The van der Waals surface area contributed by atoms with Crippen molar-refractivity contribution in [2.24, 2.45) is 0 Å². The molecule has 0 aliphatic heterocycles. The minimum atomic E-state index is -3.59. The van der Waals surface area contributed by atoms with E-state index in [-0.39, 0.29) is 10.3 Å². The lowest BCUT2D eigenvalue weighted by Gasteiger charge is -2.18. The summed E-state index contributed by atoms with van der Waals surface area (Å²) in [5.41, 5.74) is 1.20. The molecule has 0 radical (unpaired) electrons. The fourth-order valence-electron chi connectivity index (χ4n) is 1.73. The maximum atomic E-state index is 12.3. The summed E-state index contributed by atoms with van der Waals surface area (Å²) in [7, 11) is -3.59. The van der Waals surface area contributed by atoms with Crippen molar-refractivity contribution in [1.82, 2.24) is 4.98 Å². The van der Waals surface area contributed by atoms with Crippen LogP contribution in [0.15, 0.2) is 52.0 Å². The summed E-state index contributed by atoms with van der Waals surface area (Å²) in [5, 5.41) is 0. The molecule has 0 amide bonds. The number of benzene rings is 1. The molecule has 0 aliphatic rings. The largest absolute Gasteiger partial charge is 0.280 e. The number of aromatic nitrogens is 1. The molecule has 21 heavy (non-hydrogen) atoms. The van der Waals surface area contributed by atoms with Gasteiger partial charge in [0.15, 0.2) is 0 Å². The fraction of sp³-hybridized carbons (Fsp3) is 0.267. The molecule has 0 saturated carbocycles. The zero-order chi connectivity index (χ0) is 15.7. The topological polar surface area (TPSA) is 59.1 Å². The highest BCUT2D eigenvalue weighted by atomic mass is 79.9. The molecule has 1 heterocycles. The van der Waals surface area contributed by atoms with Crippen LogP contribution in [0.4, 0.5) is 5.69 Å². The summed E-state index contributed by atoms with van der Waals surface area (Å²) in [6, 6.07) is 9.90. The maximum Gasteiger partial charge on any atom is 0.261 e. The minimum absolute atomic E-state index is 0.140. The Labute approximate surface area is 133 Å². The van der Waals surface area contributed by atoms with Crippen molar-refractivity contribution in [3.8, 4) is 0 Å². The lowest BCUT2D eigenvalue weighted by Crippen LogP contribution is -2.16. The molecule has 1 aromatic carbocycles. The first-order chi connectivity index (χ1) is 9.68. The molecule has 0 bridgehead atoms. The van der Waals surface area contributed by atoms with Crippen LogP contribution >= 0.6 is 15.9 Å². The van der Waals surface area contributed by atoms with Gasteiger partial charge in [0, 0.05) is 21.8 Å². The van der Waals surface area contributed by atoms with Crippen LogP contribution in [0.1, 0.15) is 26.5 Å². The molecule has 1 N–H and O–H groups in total. The molecular weight excluding hydrogens is 352 g/mol. The van der Waals surface area contributed by atoms with Crippen LogP contribution in [0, 0.1) is 0 Å². The summed E-state index contributed by atoms with van der Waals surface area (Å²) in [6.45, 7) is 6.09. The van der Waals surface area contributed by atoms with E-state index in [0.29, 0.717) is 5.69 Å². The van der Waals surface area contributed by atoms with Gasteiger partial charge in [-0.2, -0.15) is 0 Å². The number of nitrogens with zero attached hydrogens (tertiary/aromatic N) is 1. The zero-order valence-electron chi connectivity index (χ0n) is 12.1. The Morgan fingerprint density at radius 2 is 1.71 bits per heavy atom. The van der Waals surface area contributed by atoms with Crippen LogP contribution in [0.2, 0.25) is 0 Å². The molecule has 0 atom stereocenters. The molecule has 0 saturated heterocycles. The number of hydrogen-bond acceptors (Lipinski definition) is 3. The molecule has 112 valence electrons. The summed E-state index contributed by atoms with van der Waals surface area (Å²) in [4.78, 5) is 4.51. The Morgan fingerprint density at radius 1 is 1.10 bits per heavy atom. The van der Waals surface area contributed by atoms with Gasteiger partial charge in [-0.05, 0) is 36.4 Å². The van der Waals surface area contributed by atoms with Crippen molar-refractivity contribution < 1.29 is 8.42 Å². The van der Waals surface area contributed by atoms with E-state index in [1.807, 2.05) is 20.8 Å². The first-order valence-corrected chi connectivity index (χ1v) is 8.71. The molecule has 0 unspecified atom stereocenters. The van der Waals surface area contributed by atoms with Gasteiger partial charge in [-0.15, -0.1) is 0 Å². The Kier molecular flexibility index (Phi) is 4.39. The third-order valence-electron chi connectivity index (χ3n) is 2.90. The average Bonchev–Trinajstić information content (AvgIpc) is 2.38. The van der Waals surface area contributed by atoms with Crippen LogP contribution < -0.4 is 4.72 Å². The predicted octanol–water partition coefficient (Wildman–Crippen LogP) is 3.94. The van der Waals surface area contributed by atoms with Crippen molar-refractivity contribution in [1.29, 1.82) is 0 Å². The highest BCUT2D eigenvalue weighted by Gasteiger charge is 2.18. The van der Waals surface area contributed by atoms with Gasteiger partial charge in [-0.25, -0.2) is 8.42 Å². The molecule has 0 fully saturated rings. The number of hydrogen-bond donors (Lipinski definition) is 1. The second kappa shape index (κ2) is 5.77. The Bertz CT molecular complexity index is 735. The number of sulfonamides is 1. The summed E-state index contributed by atoms with van der Waals surface area (Å²) < 4.78 is 28.1. The van der Waals surface area contributed by atoms with E-state index in [1.54, 1.807) is 42.6 Å². The Balaban J connectivity index is 2.31. The third-order valence-corrected chi connectivity index (χ3v) is 4.83. The summed E-state index contributed by atoms with van der Waals surface area (Å²) in [5.74, 6) is 0. The van der Waals surface area contributed by atoms with Crippen LogP contribution in [0.3, 0.4) is 0 Å². The van der Waals surface area contributed by atoms with Crippen LogP contribution in [-0.2, 0) is 15.4 Å². The number of pyridine rings is 1. The van der Waals surface area contributed by atoms with Crippen molar-refractivity contribution in [2.45, 2.75) is 31.1 Å². The number of anilines is 1. The number of rotatable bonds is 3. The van der Waals surface area contributed by atoms with Crippen molar-refractivity contribution >= 4 is 31.6 Å². The molecule has 1 aromatic heterocycles. The van der Waals surface area contributed by atoms with Crippen molar-refractivity contribution in [2.75, 3.05) is 4.72 Å². The van der Waals surface area contributed by atoms with E-state index in [0.717, 1.165) is 10.2 Å². The van der Waals surface area contributed by atoms with Gasteiger partial charge in [0.05, 0.1) is 10.6 Å². The summed E-state index contributed by atoms with van der Waals surface area (Å²) >= 11 is 3.29. The smallest absolute Gasteiger partial charge is 0.261 e. The standard InChI is InChI=1S/C15H17BrN2O2S/c1-15(2,3)14-10-12(8-9-17-14)18-21(19,20)13-6-4-11(16)5-7-13/h4-10H,1-3H3,(H,17,18). The monoisotopic (exact) mass is 368 g/mol.